The highest BCUT2D eigenvalue weighted by molar-refractivity contribution is 6.10. The summed E-state index contributed by atoms with van der Waals surface area (Å²) in [6, 6.07) is 16.3. The molecular formula is C20H19N3O3. The molecule has 4 rings (SSSR count). The van der Waals surface area contributed by atoms with Gasteiger partial charge in [0.2, 0.25) is 6.61 Å². The monoisotopic (exact) mass is 349 g/mol. The van der Waals surface area contributed by atoms with Crippen LogP contribution in [-0.2, 0) is 29.0 Å². The number of carbonyl (C=O) groups is 1. The van der Waals surface area contributed by atoms with Crippen molar-refractivity contribution in [1.82, 2.24) is 9.55 Å². The molecule has 1 aliphatic heterocycles. The summed E-state index contributed by atoms with van der Waals surface area (Å²) < 4.78 is 2.25. The lowest BCUT2D eigenvalue weighted by atomic mass is 10.0. The lowest BCUT2D eigenvalue weighted by Crippen LogP contribution is -2.18. The minimum atomic E-state index is -1.03. The molecule has 0 unspecified atom stereocenters. The van der Waals surface area contributed by atoms with E-state index < -0.39 is 12.6 Å². The van der Waals surface area contributed by atoms with Gasteiger partial charge >= 0.3 is 5.97 Å². The maximum atomic E-state index is 10.6. The van der Waals surface area contributed by atoms with Crippen LogP contribution in [0.2, 0.25) is 0 Å². The predicted molar refractivity (Wildman–Crippen MR) is 98.3 cm³/mol. The Morgan fingerprint density at radius 3 is 2.81 bits per heavy atom. The Kier molecular flexibility index (Phi) is 4.39. The summed E-state index contributed by atoms with van der Waals surface area (Å²) >= 11 is 0. The number of rotatable bonds is 6. The predicted octanol–water partition coefficient (Wildman–Crippen LogP) is 3.03. The van der Waals surface area contributed by atoms with Gasteiger partial charge in [-0.1, -0.05) is 47.6 Å². The number of carboxylic acids is 1. The summed E-state index contributed by atoms with van der Waals surface area (Å²) in [7, 11) is 0. The van der Waals surface area contributed by atoms with E-state index in [1.165, 1.54) is 5.56 Å². The second kappa shape index (κ2) is 7.00. The van der Waals surface area contributed by atoms with Crippen molar-refractivity contribution in [3.05, 3.63) is 65.5 Å². The van der Waals surface area contributed by atoms with Gasteiger partial charge in [0.25, 0.3) is 0 Å². The summed E-state index contributed by atoms with van der Waals surface area (Å²) in [6.45, 7) is 0.341. The molecule has 0 aliphatic carbocycles. The van der Waals surface area contributed by atoms with Crippen molar-refractivity contribution in [2.45, 2.75) is 25.8 Å². The second-order valence-electron chi connectivity index (χ2n) is 6.29. The van der Waals surface area contributed by atoms with Crippen LogP contribution in [0.4, 0.5) is 0 Å². The Morgan fingerprint density at radius 2 is 2.00 bits per heavy atom. The number of benzene rings is 2. The largest absolute Gasteiger partial charge is 0.479 e. The molecule has 6 heteroatoms. The molecule has 0 saturated heterocycles. The van der Waals surface area contributed by atoms with Gasteiger partial charge in [-0.25, -0.2) is 9.78 Å². The number of hydrogen-bond acceptors (Lipinski definition) is 4. The molecule has 6 nitrogen and oxygen atoms in total. The molecule has 1 N–H and O–H groups in total. The van der Waals surface area contributed by atoms with Gasteiger partial charge in [0, 0.05) is 24.9 Å². The normalized spacial score (nSPS) is 14.7. The van der Waals surface area contributed by atoms with Gasteiger partial charge < -0.3 is 14.5 Å². The summed E-state index contributed by atoms with van der Waals surface area (Å²) in [6.07, 6.45) is 2.52. The second-order valence-corrected chi connectivity index (χ2v) is 6.29. The topological polar surface area (TPSA) is 76.7 Å². The lowest BCUT2D eigenvalue weighted by molar-refractivity contribution is -0.142. The molecule has 0 bridgehead atoms. The fourth-order valence-electron chi connectivity index (χ4n) is 3.41. The number of aromatic nitrogens is 2. The summed E-state index contributed by atoms with van der Waals surface area (Å²) in [5, 5.41) is 12.7. The van der Waals surface area contributed by atoms with Gasteiger partial charge in [-0.05, 0) is 18.1 Å². The summed E-state index contributed by atoms with van der Waals surface area (Å²) in [5.74, 6) is 0.0402. The zero-order chi connectivity index (χ0) is 17.9. The molecule has 0 fully saturated rings. The molecule has 132 valence electrons. The Bertz CT molecular complexity index is 977. The fraction of sp³-hybridized carbons (Fsp3) is 0.250. The smallest absolute Gasteiger partial charge is 0.344 e. The van der Waals surface area contributed by atoms with Crippen molar-refractivity contribution >= 4 is 22.7 Å². The Balaban J connectivity index is 1.63. The Morgan fingerprint density at radius 1 is 1.15 bits per heavy atom. The van der Waals surface area contributed by atoms with Crippen LogP contribution in [0.25, 0.3) is 11.0 Å². The van der Waals surface area contributed by atoms with Crippen molar-refractivity contribution in [2.24, 2.45) is 5.16 Å². The fourth-order valence-corrected chi connectivity index (χ4v) is 3.41. The van der Waals surface area contributed by atoms with E-state index in [-0.39, 0.29) is 0 Å². The average Bonchev–Trinajstić information content (AvgIpc) is 3.02. The van der Waals surface area contributed by atoms with Gasteiger partial charge in [-0.2, -0.15) is 0 Å². The zero-order valence-electron chi connectivity index (χ0n) is 14.3. The number of hydrogen-bond donors (Lipinski definition) is 1. The zero-order valence-corrected chi connectivity index (χ0v) is 14.3. The molecular weight excluding hydrogens is 330 g/mol. The quantitative estimate of drug-likeness (QED) is 0.694. The van der Waals surface area contributed by atoms with E-state index in [2.05, 4.69) is 34.0 Å². The van der Waals surface area contributed by atoms with Gasteiger partial charge in [0.15, 0.2) is 0 Å². The van der Waals surface area contributed by atoms with Crippen LogP contribution in [0.3, 0.4) is 0 Å². The highest BCUT2D eigenvalue weighted by Crippen LogP contribution is 2.27. The van der Waals surface area contributed by atoms with E-state index >= 15 is 0 Å². The first-order chi connectivity index (χ1) is 12.7. The van der Waals surface area contributed by atoms with Crippen LogP contribution in [0.1, 0.15) is 23.4 Å². The minimum Gasteiger partial charge on any atom is -0.479 e. The third-order valence-corrected chi connectivity index (χ3v) is 4.57. The van der Waals surface area contributed by atoms with E-state index in [1.807, 2.05) is 24.3 Å². The number of para-hydroxylation sites is 1. The highest BCUT2D eigenvalue weighted by atomic mass is 16.6. The standard InChI is InChI=1S/C20H19N3O3/c24-19(25)13-26-22-16-11-12-23-18(10-9-14-5-2-1-3-6-14)21-17-8-4-7-15(16)20(17)23/h1-8H,9-13H2,(H,24,25). The maximum absolute atomic E-state index is 10.6. The summed E-state index contributed by atoms with van der Waals surface area (Å²) in [4.78, 5) is 20.4. The molecule has 0 radical (unpaired) electrons. The number of aliphatic carboxylic acids is 1. The molecule has 1 aliphatic rings. The van der Waals surface area contributed by atoms with Crippen molar-refractivity contribution in [1.29, 1.82) is 0 Å². The maximum Gasteiger partial charge on any atom is 0.344 e. The Hall–Kier alpha value is -3.15. The van der Waals surface area contributed by atoms with Crippen LogP contribution in [-0.4, -0.2) is 32.9 Å². The van der Waals surface area contributed by atoms with Gasteiger partial charge in [-0.15, -0.1) is 0 Å². The Labute approximate surface area is 150 Å². The van der Waals surface area contributed by atoms with Gasteiger partial charge in [0.1, 0.15) is 5.82 Å². The van der Waals surface area contributed by atoms with Crippen molar-refractivity contribution < 1.29 is 14.7 Å². The third-order valence-electron chi connectivity index (χ3n) is 4.57. The number of carboxylic acid groups (broad SMARTS) is 1. The van der Waals surface area contributed by atoms with Crippen LogP contribution in [0.5, 0.6) is 0 Å². The number of nitrogens with zero attached hydrogens (tertiary/aromatic N) is 3. The number of oxime groups is 1. The average molecular weight is 349 g/mol. The van der Waals surface area contributed by atoms with E-state index in [4.69, 9.17) is 14.9 Å². The number of aryl methyl sites for hydroxylation is 3. The molecule has 2 heterocycles. The third kappa shape index (κ3) is 3.18. The molecule has 26 heavy (non-hydrogen) atoms. The van der Waals surface area contributed by atoms with E-state index in [1.54, 1.807) is 0 Å². The first-order valence-electron chi connectivity index (χ1n) is 8.65. The van der Waals surface area contributed by atoms with Crippen LogP contribution >= 0.6 is 0 Å². The van der Waals surface area contributed by atoms with E-state index in [0.717, 1.165) is 47.5 Å². The summed E-state index contributed by atoms with van der Waals surface area (Å²) in [5.41, 5.74) is 5.04. The van der Waals surface area contributed by atoms with Crippen molar-refractivity contribution in [3.63, 3.8) is 0 Å². The van der Waals surface area contributed by atoms with Gasteiger partial charge in [-0.3, -0.25) is 0 Å². The van der Waals surface area contributed by atoms with Crippen molar-refractivity contribution in [2.75, 3.05) is 6.61 Å². The van der Waals surface area contributed by atoms with Crippen LogP contribution in [0, 0.1) is 0 Å². The van der Waals surface area contributed by atoms with E-state index in [9.17, 15) is 4.79 Å². The molecule has 2 aromatic carbocycles. The number of imidazole rings is 1. The lowest BCUT2D eigenvalue weighted by Gasteiger charge is -2.18. The van der Waals surface area contributed by atoms with Crippen LogP contribution in [0.15, 0.2) is 53.7 Å². The molecule has 0 atom stereocenters. The molecule has 0 amide bonds. The molecule has 1 aromatic heterocycles. The van der Waals surface area contributed by atoms with Gasteiger partial charge in [0.05, 0.1) is 16.7 Å². The molecule has 3 aromatic rings. The highest BCUT2D eigenvalue weighted by Gasteiger charge is 2.22. The molecule has 0 spiro atoms. The van der Waals surface area contributed by atoms with Crippen molar-refractivity contribution in [3.8, 4) is 0 Å². The molecule has 0 saturated carbocycles. The minimum absolute atomic E-state index is 0.430. The first kappa shape index (κ1) is 16.3. The van der Waals surface area contributed by atoms with E-state index in [0.29, 0.717) is 6.42 Å². The SMILES string of the molecule is O=C(O)CON=C1CCn2c(CCc3ccccc3)nc3cccc1c32. The van der Waals surface area contributed by atoms with Crippen LogP contribution < -0.4 is 0 Å². The first-order valence-corrected chi connectivity index (χ1v) is 8.65.